The van der Waals surface area contributed by atoms with Gasteiger partial charge in [0, 0.05) is 10.9 Å². The molecule has 1 saturated carbocycles. The lowest BCUT2D eigenvalue weighted by atomic mass is 10.0. The molecule has 1 aliphatic carbocycles. The largest absolute Gasteiger partial charge is 0.325 e. The standard InChI is InChI=1S/C18H27NOS/c1-4-16(21-15-11-6-5-7-12-15)18(20)19-17-13(2)9-8-10-14(17)3/h8-10,15-16H,4-7,11-12H2,1-3H3,(H,19,20). The molecule has 1 atom stereocenters. The van der Waals surface area contributed by atoms with Crippen LogP contribution in [0.1, 0.15) is 56.6 Å². The molecule has 0 saturated heterocycles. The number of amides is 1. The molecular weight excluding hydrogens is 278 g/mol. The van der Waals surface area contributed by atoms with Crippen molar-refractivity contribution >= 4 is 23.4 Å². The van der Waals surface area contributed by atoms with Crippen molar-refractivity contribution in [2.45, 2.75) is 69.8 Å². The molecule has 1 unspecified atom stereocenters. The summed E-state index contributed by atoms with van der Waals surface area (Å²) < 4.78 is 0. The van der Waals surface area contributed by atoms with E-state index in [2.05, 4.69) is 38.2 Å². The summed E-state index contributed by atoms with van der Waals surface area (Å²) in [5.74, 6) is 0.172. The Balaban J connectivity index is 1.99. The van der Waals surface area contributed by atoms with Gasteiger partial charge in [0.15, 0.2) is 0 Å². The Hall–Kier alpha value is -0.960. The van der Waals surface area contributed by atoms with Crippen molar-refractivity contribution in [2.75, 3.05) is 5.32 Å². The van der Waals surface area contributed by atoms with Crippen molar-refractivity contribution in [1.82, 2.24) is 0 Å². The number of hydrogen-bond acceptors (Lipinski definition) is 2. The molecule has 0 spiro atoms. The van der Waals surface area contributed by atoms with Crippen molar-refractivity contribution in [1.29, 1.82) is 0 Å². The summed E-state index contributed by atoms with van der Waals surface area (Å²) in [6.07, 6.45) is 7.47. The minimum absolute atomic E-state index is 0.0760. The van der Waals surface area contributed by atoms with Crippen LogP contribution >= 0.6 is 11.8 Å². The summed E-state index contributed by atoms with van der Waals surface area (Å²) >= 11 is 1.89. The molecule has 1 aromatic carbocycles. The highest BCUT2D eigenvalue weighted by Crippen LogP contribution is 2.33. The first-order valence-corrected chi connectivity index (χ1v) is 9.08. The summed E-state index contributed by atoms with van der Waals surface area (Å²) in [5.41, 5.74) is 3.27. The van der Waals surface area contributed by atoms with E-state index in [1.54, 1.807) is 0 Å². The van der Waals surface area contributed by atoms with Crippen LogP contribution in [0.25, 0.3) is 0 Å². The minimum atomic E-state index is 0.0760. The highest BCUT2D eigenvalue weighted by molar-refractivity contribution is 8.01. The fraction of sp³-hybridized carbons (Fsp3) is 0.611. The number of nitrogens with one attached hydrogen (secondary N) is 1. The van der Waals surface area contributed by atoms with Gasteiger partial charge in [-0.2, -0.15) is 0 Å². The lowest BCUT2D eigenvalue weighted by Crippen LogP contribution is -2.28. The number of hydrogen-bond donors (Lipinski definition) is 1. The summed E-state index contributed by atoms with van der Waals surface area (Å²) in [4.78, 5) is 12.6. The number of aryl methyl sites for hydroxylation is 2. The van der Waals surface area contributed by atoms with E-state index in [0.29, 0.717) is 5.25 Å². The van der Waals surface area contributed by atoms with Gasteiger partial charge in [0.2, 0.25) is 5.91 Å². The van der Waals surface area contributed by atoms with Gasteiger partial charge in [-0.25, -0.2) is 0 Å². The van der Waals surface area contributed by atoms with Crippen LogP contribution in [0.2, 0.25) is 0 Å². The summed E-state index contributed by atoms with van der Waals surface area (Å²) in [5, 5.41) is 3.91. The van der Waals surface area contributed by atoms with E-state index < -0.39 is 0 Å². The summed E-state index contributed by atoms with van der Waals surface area (Å²) in [6, 6.07) is 6.14. The van der Waals surface area contributed by atoms with Gasteiger partial charge in [-0.05, 0) is 44.2 Å². The first kappa shape index (κ1) is 16.4. The number of carbonyl (C=O) groups excluding carboxylic acids is 1. The van der Waals surface area contributed by atoms with E-state index in [1.807, 2.05) is 17.8 Å². The van der Waals surface area contributed by atoms with E-state index in [0.717, 1.165) is 23.2 Å². The topological polar surface area (TPSA) is 29.1 Å². The van der Waals surface area contributed by atoms with Crippen LogP contribution in [0, 0.1) is 13.8 Å². The zero-order valence-electron chi connectivity index (χ0n) is 13.4. The van der Waals surface area contributed by atoms with Crippen molar-refractivity contribution in [3.63, 3.8) is 0 Å². The quantitative estimate of drug-likeness (QED) is 0.821. The number of carbonyl (C=O) groups is 1. The lowest BCUT2D eigenvalue weighted by molar-refractivity contribution is -0.115. The second-order valence-corrected chi connectivity index (χ2v) is 7.56. The third-order valence-corrected chi connectivity index (χ3v) is 6.03. The zero-order chi connectivity index (χ0) is 15.2. The normalized spacial score (nSPS) is 17.5. The maximum Gasteiger partial charge on any atom is 0.237 e. The molecule has 1 aliphatic rings. The maximum absolute atomic E-state index is 12.6. The average Bonchev–Trinajstić information content (AvgIpc) is 2.49. The minimum Gasteiger partial charge on any atom is -0.325 e. The highest BCUT2D eigenvalue weighted by Gasteiger charge is 2.24. The molecule has 116 valence electrons. The Morgan fingerprint density at radius 3 is 2.43 bits per heavy atom. The van der Waals surface area contributed by atoms with Crippen LogP contribution in [0.5, 0.6) is 0 Å². The van der Waals surface area contributed by atoms with Gasteiger partial charge in [0.25, 0.3) is 0 Å². The third kappa shape index (κ3) is 4.50. The second kappa shape index (κ2) is 7.88. The maximum atomic E-state index is 12.6. The molecule has 3 heteroatoms. The predicted octanol–water partition coefficient (Wildman–Crippen LogP) is 5.09. The third-order valence-electron chi connectivity index (χ3n) is 4.30. The van der Waals surface area contributed by atoms with Crippen LogP contribution in [-0.4, -0.2) is 16.4 Å². The Morgan fingerprint density at radius 2 is 1.86 bits per heavy atom. The molecule has 2 nitrogen and oxygen atoms in total. The van der Waals surface area contributed by atoms with Gasteiger partial charge in [0.05, 0.1) is 5.25 Å². The van der Waals surface area contributed by atoms with E-state index in [1.165, 1.54) is 32.1 Å². The van der Waals surface area contributed by atoms with E-state index >= 15 is 0 Å². The van der Waals surface area contributed by atoms with Crippen LogP contribution in [0.15, 0.2) is 18.2 Å². The molecule has 1 N–H and O–H groups in total. The zero-order valence-corrected chi connectivity index (χ0v) is 14.3. The average molecular weight is 305 g/mol. The van der Waals surface area contributed by atoms with Gasteiger partial charge in [-0.15, -0.1) is 11.8 Å². The SMILES string of the molecule is CCC(SC1CCCCC1)C(=O)Nc1c(C)cccc1C. The Kier molecular flexibility index (Phi) is 6.16. The predicted molar refractivity (Wildman–Crippen MR) is 93.1 cm³/mol. The lowest BCUT2D eigenvalue weighted by Gasteiger charge is -2.25. The summed E-state index contributed by atoms with van der Waals surface area (Å²) in [6.45, 7) is 6.22. The van der Waals surface area contributed by atoms with E-state index in [4.69, 9.17) is 0 Å². The van der Waals surface area contributed by atoms with Gasteiger partial charge in [-0.1, -0.05) is 44.4 Å². The number of para-hydroxylation sites is 1. The number of thioether (sulfide) groups is 1. The van der Waals surface area contributed by atoms with Crippen molar-refractivity contribution in [2.24, 2.45) is 0 Å². The first-order chi connectivity index (χ1) is 10.1. The molecule has 1 fully saturated rings. The molecular formula is C18H27NOS. The molecule has 1 amide bonds. The number of benzene rings is 1. The monoisotopic (exact) mass is 305 g/mol. The molecule has 0 radical (unpaired) electrons. The molecule has 1 aromatic rings. The first-order valence-electron chi connectivity index (χ1n) is 8.14. The Morgan fingerprint density at radius 1 is 1.24 bits per heavy atom. The van der Waals surface area contributed by atoms with Gasteiger partial charge in [-0.3, -0.25) is 4.79 Å². The van der Waals surface area contributed by atoms with Crippen molar-refractivity contribution in [3.8, 4) is 0 Å². The van der Waals surface area contributed by atoms with E-state index in [-0.39, 0.29) is 11.2 Å². The Bertz CT molecular complexity index is 460. The molecule has 0 bridgehead atoms. The van der Waals surface area contributed by atoms with Crippen molar-refractivity contribution in [3.05, 3.63) is 29.3 Å². The van der Waals surface area contributed by atoms with Crippen LogP contribution in [-0.2, 0) is 4.79 Å². The van der Waals surface area contributed by atoms with E-state index in [9.17, 15) is 4.79 Å². The molecule has 0 aromatic heterocycles. The van der Waals surface area contributed by atoms with Gasteiger partial charge >= 0.3 is 0 Å². The number of rotatable bonds is 5. The molecule has 2 rings (SSSR count). The summed E-state index contributed by atoms with van der Waals surface area (Å²) in [7, 11) is 0. The second-order valence-electron chi connectivity index (χ2n) is 6.05. The van der Waals surface area contributed by atoms with Crippen LogP contribution < -0.4 is 5.32 Å². The molecule has 0 heterocycles. The molecule has 0 aliphatic heterocycles. The van der Waals surface area contributed by atoms with Gasteiger partial charge < -0.3 is 5.32 Å². The van der Waals surface area contributed by atoms with Crippen molar-refractivity contribution < 1.29 is 4.79 Å². The smallest absolute Gasteiger partial charge is 0.237 e. The fourth-order valence-corrected chi connectivity index (χ4v) is 4.44. The van der Waals surface area contributed by atoms with Crippen LogP contribution in [0.4, 0.5) is 5.69 Å². The number of anilines is 1. The Labute approximate surface area is 133 Å². The molecule has 21 heavy (non-hydrogen) atoms. The highest BCUT2D eigenvalue weighted by atomic mass is 32.2. The van der Waals surface area contributed by atoms with Crippen LogP contribution in [0.3, 0.4) is 0 Å². The van der Waals surface area contributed by atoms with Gasteiger partial charge in [0.1, 0.15) is 0 Å². The fourth-order valence-electron chi connectivity index (χ4n) is 2.99.